The average molecular weight is 205 g/mol. The maximum atomic E-state index is 11.2. The first-order valence-electron chi connectivity index (χ1n) is 4.62. The van der Waals surface area contributed by atoms with E-state index in [2.05, 4.69) is 19.2 Å². The van der Waals surface area contributed by atoms with E-state index in [-0.39, 0.29) is 18.6 Å². The molecule has 0 aliphatic carbocycles. The van der Waals surface area contributed by atoms with Crippen molar-refractivity contribution in [2.75, 3.05) is 12.4 Å². The lowest BCUT2D eigenvalue weighted by atomic mass is 10.2. The van der Waals surface area contributed by atoms with Gasteiger partial charge in [-0.3, -0.25) is 4.79 Å². The number of aliphatic hydroxyl groups excluding tert-OH is 1. The van der Waals surface area contributed by atoms with Gasteiger partial charge in [-0.25, -0.2) is 0 Å². The van der Waals surface area contributed by atoms with Crippen LogP contribution >= 0.6 is 11.8 Å². The molecule has 0 rings (SSSR count). The molecular weight excluding hydrogens is 186 g/mol. The zero-order valence-corrected chi connectivity index (χ0v) is 9.36. The fourth-order valence-corrected chi connectivity index (χ4v) is 1.36. The number of carbonyl (C=O) groups is 1. The monoisotopic (exact) mass is 205 g/mol. The summed E-state index contributed by atoms with van der Waals surface area (Å²) in [5.74, 6) is 0.494. The van der Waals surface area contributed by atoms with Gasteiger partial charge in [-0.15, -0.1) is 11.8 Å². The Morgan fingerprint density at radius 1 is 1.54 bits per heavy atom. The Bertz CT molecular complexity index is 147. The van der Waals surface area contributed by atoms with E-state index >= 15 is 0 Å². The standard InChI is InChI=1S/C9H19NO2S/c1-4-8(5-11)10-9(12)6-13-7(2)3/h7-8,11H,4-6H2,1-3H3,(H,10,12). The molecule has 1 atom stereocenters. The molecule has 1 unspecified atom stereocenters. The van der Waals surface area contributed by atoms with Crippen LogP contribution in [0.3, 0.4) is 0 Å². The van der Waals surface area contributed by atoms with Gasteiger partial charge >= 0.3 is 0 Å². The number of rotatable bonds is 6. The predicted octanol–water partition coefficient (Wildman–Crippen LogP) is 1.02. The Balaban J connectivity index is 3.60. The fraction of sp³-hybridized carbons (Fsp3) is 0.889. The number of thioether (sulfide) groups is 1. The van der Waals surface area contributed by atoms with Crippen molar-refractivity contribution >= 4 is 17.7 Å². The average Bonchev–Trinajstić information content (AvgIpc) is 2.10. The molecule has 13 heavy (non-hydrogen) atoms. The van der Waals surface area contributed by atoms with Crippen molar-refractivity contribution in [3.63, 3.8) is 0 Å². The summed E-state index contributed by atoms with van der Waals surface area (Å²) in [4.78, 5) is 11.2. The number of carbonyl (C=O) groups excluding carboxylic acids is 1. The Kier molecular flexibility index (Phi) is 7.09. The van der Waals surface area contributed by atoms with Crippen molar-refractivity contribution < 1.29 is 9.90 Å². The minimum Gasteiger partial charge on any atom is -0.394 e. The van der Waals surface area contributed by atoms with Crippen LogP contribution in [0, 0.1) is 0 Å². The van der Waals surface area contributed by atoms with Gasteiger partial charge in [0.15, 0.2) is 0 Å². The van der Waals surface area contributed by atoms with Gasteiger partial charge in [0, 0.05) is 0 Å². The molecule has 0 spiro atoms. The van der Waals surface area contributed by atoms with Gasteiger partial charge in [-0.05, 0) is 11.7 Å². The summed E-state index contributed by atoms with van der Waals surface area (Å²) < 4.78 is 0. The van der Waals surface area contributed by atoms with Crippen LogP contribution in [0.15, 0.2) is 0 Å². The molecule has 0 heterocycles. The Labute approximate surface area is 84.3 Å². The third kappa shape index (κ3) is 6.90. The minimum absolute atomic E-state index is 0.0135. The molecule has 78 valence electrons. The summed E-state index contributed by atoms with van der Waals surface area (Å²) in [6.45, 7) is 6.08. The number of amides is 1. The zero-order chi connectivity index (χ0) is 10.3. The van der Waals surface area contributed by atoms with Crippen LogP contribution < -0.4 is 5.32 Å². The summed E-state index contributed by atoms with van der Waals surface area (Å²) in [7, 11) is 0. The smallest absolute Gasteiger partial charge is 0.230 e. The quantitative estimate of drug-likeness (QED) is 0.680. The molecule has 0 aromatic rings. The summed E-state index contributed by atoms with van der Waals surface area (Å²) in [5, 5.41) is 12.1. The fourth-order valence-electron chi connectivity index (χ4n) is 0.788. The van der Waals surface area contributed by atoms with Crippen molar-refractivity contribution in [1.29, 1.82) is 0 Å². The molecule has 0 saturated carbocycles. The second-order valence-corrected chi connectivity index (χ2v) is 4.78. The van der Waals surface area contributed by atoms with Crippen molar-refractivity contribution in [3.8, 4) is 0 Å². The summed E-state index contributed by atoms with van der Waals surface area (Å²) in [5.41, 5.74) is 0. The molecule has 0 aromatic carbocycles. The Hall–Kier alpha value is -0.220. The second kappa shape index (κ2) is 7.21. The van der Waals surface area contributed by atoms with E-state index in [9.17, 15) is 4.79 Å². The van der Waals surface area contributed by atoms with Crippen LogP contribution in [0.4, 0.5) is 0 Å². The van der Waals surface area contributed by atoms with Crippen LogP contribution in [0.5, 0.6) is 0 Å². The van der Waals surface area contributed by atoms with Gasteiger partial charge in [0.25, 0.3) is 0 Å². The maximum Gasteiger partial charge on any atom is 0.230 e. The topological polar surface area (TPSA) is 49.3 Å². The number of aliphatic hydroxyl groups is 1. The molecule has 0 aliphatic heterocycles. The predicted molar refractivity (Wildman–Crippen MR) is 56.9 cm³/mol. The molecule has 1 amide bonds. The summed E-state index contributed by atoms with van der Waals surface area (Å²) >= 11 is 1.61. The largest absolute Gasteiger partial charge is 0.394 e. The lowest BCUT2D eigenvalue weighted by Crippen LogP contribution is -2.38. The molecule has 0 radical (unpaired) electrons. The molecular formula is C9H19NO2S. The second-order valence-electron chi connectivity index (χ2n) is 3.22. The molecule has 0 fully saturated rings. The van der Waals surface area contributed by atoms with Crippen LogP contribution in [-0.4, -0.2) is 34.7 Å². The third-order valence-corrected chi connectivity index (χ3v) is 2.72. The molecule has 3 nitrogen and oxygen atoms in total. The Morgan fingerprint density at radius 3 is 2.54 bits per heavy atom. The van der Waals surface area contributed by atoms with Gasteiger partial charge in [0.1, 0.15) is 0 Å². The molecule has 4 heteroatoms. The summed E-state index contributed by atoms with van der Waals surface area (Å²) in [6, 6.07) is -0.0831. The van der Waals surface area contributed by atoms with Crippen molar-refractivity contribution in [3.05, 3.63) is 0 Å². The Morgan fingerprint density at radius 2 is 2.15 bits per heavy atom. The number of hydrogen-bond donors (Lipinski definition) is 2. The van der Waals surface area contributed by atoms with E-state index in [0.29, 0.717) is 11.0 Å². The number of hydrogen-bond acceptors (Lipinski definition) is 3. The highest BCUT2D eigenvalue weighted by molar-refractivity contribution is 8.00. The lowest BCUT2D eigenvalue weighted by molar-refractivity contribution is -0.119. The molecule has 0 aliphatic rings. The molecule has 2 N–H and O–H groups in total. The minimum atomic E-state index is -0.0831. The lowest BCUT2D eigenvalue weighted by Gasteiger charge is -2.14. The third-order valence-electron chi connectivity index (χ3n) is 1.63. The summed E-state index contributed by atoms with van der Waals surface area (Å²) in [6.07, 6.45) is 0.772. The van der Waals surface area contributed by atoms with E-state index < -0.39 is 0 Å². The van der Waals surface area contributed by atoms with E-state index in [1.165, 1.54) is 0 Å². The SMILES string of the molecule is CCC(CO)NC(=O)CSC(C)C. The van der Waals surface area contributed by atoms with Crippen molar-refractivity contribution in [2.24, 2.45) is 0 Å². The van der Waals surface area contributed by atoms with Crippen LogP contribution in [-0.2, 0) is 4.79 Å². The van der Waals surface area contributed by atoms with E-state index in [4.69, 9.17) is 5.11 Å². The van der Waals surface area contributed by atoms with E-state index in [0.717, 1.165) is 6.42 Å². The number of nitrogens with one attached hydrogen (secondary N) is 1. The highest BCUT2D eigenvalue weighted by atomic mass is 32.2. The first-order chi connectivity index (χ1) is 6.10. The van der Waals surface area contributed by atoms with Crippen LogP contribution in [0.2, 0.25) is 0 Å². The van der Waals surface area contributed by atoms with E-state index in [1.807, 2.05) is 6.92 Å². The highest BCUT2D eigenvalue weighted by Gasteiger charge is 2.09. The first-order valence-corrected chi connectivity index (χ1v) is 5.66. The maximum absolute atomic E-state index is 11.2. The van der Waals surface area contributed by atoms with Gasteiger partial charge in [-0.2, -0.15) is 0 Å². The first kappa shape index (κ1) is 12.8. The molecule has 0 bridgehead atoms. The van der Waals surface area contributed by atoms with Gasteiger partial charge in [0.2, 0.25) is 5.91 Å². The van der Waals surface area contributed by atoms with Crippen molar-refractivity contribution in [1.82, 2.24) is 5.32 Å². The van der Waals surface area contributed by atoms with Crippen LogP contribution in [0.1, 0.15) is 27.2 Å². The van der Waals surface area contributed by atoms with Crippen LogP contribution in [0.25, 0.3) is 0 Å². The molecule has 0 saturated heterocycles. The van der Waals surface area contributed by atoms with Gasteiger partial charge < -0.3 is 10.4 Å². The normalized spacial score (nSPS) is 13.0. The van der Waals surface area contributed by atoms with Crippen molar-refractivity contribution in [2.45, 2.75) is 38.5 Å². The highest BCUT2D eigenvalue weighted by Crippen LogP contribution is 2.07. The molecule has 0 aromatic heterocycles. The van der Waals surface area contributed by atoms with E-state index in [1.54, 1.807) is 11.8 Å². The zero-order valence-electron chi connectivity index (χ0n) is 8.54. The van der Waals surface area contributed by atoms with Gasteiger partial charge in [0.05, 0.1) is 18.4 Å². The van der Waals surface area contributed by atoms with Gasteiger partial charge in [-0.1, -0.05) is 20.8 Å².